The van der Waals surface area contributed by atoms with Gasteiger partial charge >= 0.3 is 0 Å². The first-order valence-corrected chi connectivity index (χ1v) is 8.97. The van der Waals surface area contributed by atoms with Gasteiger partial charge in [0.05, 0.1) is 0 Å². The fourth-order valence-electron chi connectivity index (χ4n) is 1.46. The van der Waals surface area contributed by atoms with Gasteiger partial charge in [-0.3, -0.25) is 15.0 Å². The zero-order valence-electron chi connectivity index (χ0n) is 16.4. The maximum Gasteiger partial charge on any atom is 0.115 e. The van der Waals surface area contributed by atoms with Crippen molar-refractivity contribution in [2.75, 3.05) is 0 Å². The number of aromatic nitrogens is 7. The van der Waals surface area contributed by atoms with E-state index in [1.807, 2.05) is 66.7 Å². The molecule has 7 nitrogen and oxygen atoms in total. The third-order valence-electron chi connectivity index (χ3n) is 2.67. The minimum Gasteiger partial charge on any atom is -0.265 e. The molecule has 0 fully saturated rings. The lowest BCUT2D eigenvalue weighted by Gasteiger charge is -1.70. The van der Waals surface area contributed by atoms with Gasteiger partial charge in [-0.1, -0.05) is 42.5 Å². The lowest BCUT2D eigenvalue weighted by molar-refractivity contribution is 1.03. The smallest absolute Gasteiger partial charge is 0.115 e. The number of pyridine rings is 1. The highest BCUT2D eigenvalue weighted by molar-refractivity contribution is 4.99. The van der Waals surface area contributed by atoms with Crippen LogP contribution in [0, 0.1) is 0 Å². The van der Waals surface area contributed by atoms with Crippen LogP contribution in [0.4, 0.5) is 0 Å². The Morgan fingerprint density at radius 1 is 0.233 bits per heavy atom. The topological polar surface area (TPSA) is 90.2 Å². The van der Waals surface area contributed by atoms with E-state index in [1.165, 1.54) is 6.33 Å². The van der Waals surface area contributed by atoms with Gasteiger partial charge in [0.15, 0.2) is 0 Å². The fraction of sp³-hybridized carbons (Fsp3) is 0. The summed E-state index contributed by atoms with van der Waals surface area (Å²) in [4.78, 5) is 18.6. The molecule has 0 unspecified atom stereocenters. The molecule has 5 rings (SSSR count). The van der Waals surface area contributed by atoms with E-state index in [4.69, 9.17) is 0 Å². The number of hydrogen-bond acceptors (Lipinski definition) is 7. The first-order chi connectivity index (χ1) is 15.0. The first-order valence-electron chi connectivity index (χ1n) is 8.97. The normalized spacial score (nSPS) is 8.00. The zero-order valence-corrected chi connectivity index (χ0v) is 16.4. The van der Waals surface area contributed by atoms with E-state index in [0.717, 1.165) is 0 Å². The van der Waals surface area contributed by atoms with Crippen molar-refractivity contribution in [3.8, 4) is 0 Å². The summed E-state index contributed by atoms with van der Waals surface area (Å²) in [6.07, 6.45) is 18.2. The van der Waals surface area contributed by atoms with Gasteiger partial charge < -0.3 is 0 Å². The Morgan fingerprint density at radius 3 is 0.733 bits per heavy atom. The molecule has 1 aromatic carbocycles. The second-order valence-electron chi connectivity index (χ2n) is 4.89. The third-order valence-corrected chi connectivity index (χ3v) is 2.67. The van der Waals surface area contributed by atoms with Crippen LogP contribution in [-0.2, 0) is 0 Å². The zero-order chi connectivity index (χ0) is 21.2. The molecule has 0 aliphatic heterocycles. The Balaban J connectivity index is 0.000000187. The standard InChI is InChI=1S/C6H6.C5H5N.3C4H4N2/c2*1-2-4-6-5-3-1;1-2-6-4-3-5-1;1-2-5-4-6-3-1;1-2-4-6-5-3-1/h1-6H;1-5H;3*1-4H. The summed E-state index contributed by atoms with van der Waals surface area (Å²) in [6, 6.07) is 23.1. The van der Waals surface area contributed by atoms with Gasteiger partial charge in [-0.05, 0) is 30.3 Å². The summed E-state index contributed by atoms with van der Waals surface area (Å²) in [5.74, 6) is 0. The van der Waals surface area contributed by atoms with Crippen LogP contribution < -0.4 is 0 Å². The van der Waals surface area contributed by atoms with Gasteiger partial charge in [0.2, 0.25) is 0 Å². The van der Waals surface area contributed by atoms with E-state index in [1.54, 1.807) is 68.0 Å². The van der Waals surface area contributed by atoms with Crippen molar-refractivity contribution < 1.29 is 0 Å². The van der Waals surface area contributed by atoms with Crippen molar-refractivity contribution in [1.29, 1.82) is 0 Å². The van der Waals surface area contributed by atoms with E-state index >= 15 is 0 Å². The van der Waals surface area contributed by atoms with Crippen molar-refractivity contribution >= 4 is 0 Å². The summed E-state index contributed by atoms with van der Waals surface area (Å²) < 4.78 is 0. The average molecular weight is 397 g/mol. The molecule has 0 atom stereocenters. The van der Waals surface area contributed by atoms with Crippen LogP contribution in [0.5, 0.6) is 0 Å². The van der Waals surface area contributed by atoms with E-state index < -0.39 is 0 Å². The molecule has 0 radical (unpaired) electrons. The van der Waals surface area contributed by atoms with Crippen molar-refractivity contribution in [3.05, 3.63) is 141 Å². The molecule has 4 heterocycles. The number of nitrogens with zero attached hydrogens (tertiary/aromatic N) is 7. The average Bonchev–Trinajstić information content (AvgIpc) is 2.91. The molecular formula is C23H23N7. The minimum absolute atomic E-state index is 1.50. The Hall–Kier alpha value is -4.39. The minimum atomic E-state index is 1.50. The second-order valence-corrected chi connectivity index (χ2v) is 4.89. The molecule has 0 saturated heterocycles. The molecule has 4 aromatic heterocycles. The highest BCUT2D eigenvalue weighted by atomic mass is 15.1. The van der Waals surface area contributed by atoms with E-state index in [0.29, 0.717) is 0 Å². The van der Waals surface area contributed by atoms with Gasteiger partial charge in [0, 0.05) is 62.0 Å². The molecule has 0 aliphatic carbocycles. The summed E-state index contributed by atoms with van der Waals surface area (Å²) >= 11 is 0. The van der Waals surface area contributed by atoms with Gasteiger partial charge in [0.25, 0.3) is 0 Å². The first kappa shape index (κ1) is 23.6. The van der Waals surface area contributed by atoms with Crippen LogP contribution in [0.3, 0.4) is 0 Å². The molecule has 0 amide bonds. The highest BCUT2D eigenvalue weighted by Gasteiger charge is 1.61. The number of hydrogen-bond donors (Lipinski definition) is 0. The molecule has 0 saturated carbocycles. The molecule has 0 bridgehead atoms. The van der Waals surface area contributed by atoms with Crippen molar-refractivity contribution in [2.45, 2.75) is 0 Å². The van der Waals surface area contributed by atoms with E-state index in [2.05, 4.69) is 35.1 Å². The van der Waals surface area contributed by atoms with Crippen LogP contribution in [-0.4, -0.2) is 35.1 Å². The Labute approximate surface area is 176 Å². The molecule has 0 aliphatic rings. The van der Waals surface area contributed by atoms with Gasteiger partial charge in [-0.2, -0.15) is 10.2 Å². The Morgan fingerprint density at radius 2 is 0.567 bits per heavy atom. The number of benzene rings is 1. The Kier molecular flexibility index (Phi) is 16.5. The highest BCUT2D eigenvalue weighted by Crippen LogP contribution is 1.80. The third kappa shape index (κ3) is 18.4. The summed E-state index contributed by atoms with van der Waals surface area (Å²) in [7, 11) is 0. The predicted molar refractivity (Wildman–Crippen MR) is 117 cm³/mol. The quantitative estimate of drug-likeness (QED) is 0.387. The maximum atomic E-state index is 3.78. The lowest BCUT2D eigenvalue weighted by atomic mass is 10.4. The van der Waals surface area contributed by atoms with Crippen LogP contribution >= 0.6 is 0 Å². The molecule has 0 spiro atoms. The van der Waals surface area contributed by atoms with Crippen molar-refractivity contribution in [1.82, 2.24) is 35.1 Å². The molecule has 0 N–H and O–H groups in total. The largest absolute Gasteiger partial charge is 0.265 e. The summed E-state index contributed by atoms with van der Waals surface area (Å²) in [5.41, 5.74) is 0. The monoisotopic (exact) mass is 397 g/mol. The number of rotatable bonds is 0. The SMILES string of the molecule is c1ccccc1.c1ccncc1.c1ccnnc1.c1cnccn1.c1cncnc1. The molecule has 30 heavy (non-hydrogen) atoms. The predicted octanol–water partition coefficient (Wildman–Crippen LogP) is 4.20. The molecular weight excluding hydrogens is 374 g/mol. The summed E-state index contributed by atoms with van der Waals surface area (Å²) in [5, 5.41) is 7.07. The van der Waals surface area contributed by atoms with Crippen LogP contribution in [0.1, 0.15) is 0 Å². The second kappa shape index (κ2) is 20.9. The van der Waals surface area contributed by atoms with Crippen molar-refractivity contribution in [3.63, 3.8) is 0 Å². The lowest BCUT2D eigenvalue weighted by Crippen LogP contribution is -1.69. The fourth-order valence-corrected chi connectivity index (χ4v) is 1.46. The van der Waals surface area contributed by atoms with Crippen LogP contribution in [0.25, 0.3) is 0 Å². The molecule has 7 heteroatoms. The maximum absolute atomic E-state index is 3.78. The molecule has 5 aromatic rings. The van der Waals surface area contributed by atoms with Gasteiger partial charge in [-0.15, -0.1) is 0 Å². The van der Waals surface area contributed by atoms with Crippen LogP contribution in [0.2, 0.25) is 0 Å². The van der Waals surface area contributed by atoms with E-state index in [-0.39, 0.29) is 0 Å². The van der Waals surface area contributed by atoms with E-state index in [9.17, 15) is 0 Å². The van der Waals surface area contributed by atoms with Crippen LogP contribution in [0.15, 0.2) is 141 Å². The van der Waals surface area contributed by atoms with Crippen molar-refractivity contribution in [2.24, 2.45) is 0 Å². The van der Waals surface area contributed by atoms with Gasteiger partial charge in [-0.25, -0.2) is 9.97 Å². The Bertz CT molecular complexity index is 566. The van der Waals surface area contributed by atoms with Gasteiger partial charge in [0.1, 0.15) is 6.33 Å². The summed E-state index contributed by atoms with van der Waals surface area (Å²) in [6.45, 7) is 0. The molecule has 150 valence electrons.